The molecule has 0 unspecified atom stereocenters. The summed E-state index contributed by atoms with van der Waals surface area (Å²) in [6.07, 6.45) is 6.23. The molecule has 1 amide bonds. The molecule has 250 valence electrons. The summed E-state index contributed by atoms with van der Waals surface area (Å²) in [5.74, 6) is -0.298. The number of carbonyl (C=O) groups excluding carboxylic acids is 2. The third kappa shape index (κ3) is 6.16. The number of thiophene rings is 1. The van der Waals surface area contributed by atoms with E-state index in [4.69, 9.17) is 9.47 Å². The van der Waals surface area contributed by atoms with Gasteiger partial charge in [0.2, 0.25) is 5.91 Å². The van der Waals surface area contributed by atoms with E-state index in [2.05, 4.69) is 10.2 Å². The lowest BCUT2D eigenvalue weighted by Crippen LogP contribution is -2.57. The Labute approximate surface area is 274 Å². The predicted octanol–water partition coefficient (Wildman–Crippen LogP) is 4.28. The van der Waals surface area contributed by atoms with Crippen molar-refractivity contribution in [3.05, 3.63) is 68.4 Å². The van der Waals surface area contributed by atoms with Crippen LogP contribution in [0.25, 0.3) is 15.2 Å². The highest BCUT2D eigenvalue weighted by Gasteiger charge is 2.39. The van der Waals surface area contributed by atoms with E-state index in [1.165, 1.54) is 58.4 Å². The fourth-order valence-corrected chi connectivity index (χ4v) is 7.92. The maximum absolute atomic E-state index is 14.8. The van der Waals surface area contributed by atoms with Crippen molar-refractivity contribution in [3.8, 4) is 10.8 Å². The lowest BCUT2D eigenvalue weighted by molar-refractivity contribution is -0.140. The van der Waals surface area contributed by atoms with E-state index >= 15 is 0 Å². The van der Waals surface area contributed by atoms with Gasteiger partial charge >= 0.3 is 5.69 Å². The molecule has 47 heavy (non-hydrogen) atoms. The van der Waals surface area contributed by atoms with Gasteiger partial charge in [0.1, 0.15) is 38.8 Å². The first-order valence-electron chi connectivity index (χ1n) is 16.0. The van der Waals surface area contributed by atoms with Crippen molar-refractivity contribution in [1.82, 2.24) is 29.0 Å². The third-order valence-corrected chi connectivity index (χ3v) is 10.5. The summed E-state index contributed by atoms with van der Waals surface area (Å²) in [7, 11) is 1.47. The zero-order valence-corrected chi connectivity index (χ0v) is 27.8. The molecule has 2 aliphatic rings. The second-order valence-corrected chi connectivity index (χ2v) is 13.7. The lowest BCUT2D eigenvalue weighted by atomic mass is 9.96. The molecule has 0 radical (unpaired) electrons. The molecule has 14 heteroatoms. The summed E-state index contributed by atoms with van der Waals surface area (Å²) in [5.41, 5.74) is -1.86. The summed E-state index contributed by atoms with van der Waals surface area (Å²) >= 11 is 1.18. The smallest absolute Gasteiger partial charge is 0.333 e. The quantitative estimate of drug-likeness (QED) is 0.259. The van der Waals surface area contributed by atoms with E-state index in [0.29, 0.717) is 65.5 Å². The third-order valence-electron chi connectivity index (χ3n) is 9.25. The van der Waals surface area contributed by atoms with Gasteiger partial charge in [-0.05, 0) is 71.1 Å². The number of Topliss-reactive ketones (excluding diaryl/α,β-unsaturated/α-hetero) is 1. The van der Waals surface area contributed by atoms with Gasteiger partial charge in [-0.15, -0.1) is 4.80 Å². The lowest BCUT2D eigenvalue weighted by Gasteiger charge is -2.35. The highest BCUT2D eigenvalue weighted by molar-refractivity contribution is 7.21. The fraction of sp³-hybridized carbons (Fsp3) is 0.515. The number of benzene rings is 1. The number of halogens is 1. The van der Waals surface area contributed by atoms with Crippen LogP contribution in [0.4, 0.5) is 4.39 Å². The van der Waals surface area contributed by atoms with Crippen LogP contribution in [0.2, 0.25) is 0 Å². The Morgan fingerprint density at radius 2 is 1.77 bits per heavy atom. The molecule has 3 aromatic heterocycles. The topological polar surface area (TPSA) is 131 Å². The molecular formula is C33H39FN6O6S. The Morgan fingerprint density at radius 3 is 2.43 bits per heavy atom. The number of methoxy groups -OCH3 is 1. The minimum absolute atomic E-state index is 0.125. The number of nitrogens with zero attached hydrogens (tertiary/aromatic N) is 6. The maximum Gasteiger partial charge on any atom is 0.333 e. The van der Waals surface area contributed by atoms with Gasteiger partial charge in [-0.1, -0.05) is 11.3 Å². The summed E-state index contributed by atoms with van der Waals surface area (Å²) in [6.45, 7) is 5.95. The van der Waals surface area contributed by atoms with Crippen LogP contribution in [-0.2, 0) is 26.4 Å². The number of likely N-dealkylation sites (tertiary alicyclic amines) is 1. The predicted molar refractivity (Wildman–Crippen MR) is 174 cm³/mol. The molecule has 2 fully saturated rings. The number of aryl methyl sites for hydroxylation is 1. The number of hydrogen-bond donors (Lipinski definition) is 0. The summed E-state index contributed by atoms with van der Waals surface area (Å²) in [6, 6.07) is 4.10. The summed E-state index contributed by atoms with van der Waals surface area (Å²) in [5, 5.41) is 9.32. The highest BCUT2D eigenvalue weighted by atomic mass is 32.1. The Morgan fingerprint density at radius 1 is 1.09 bits per heavy atom. The standard InChI is InChI=1S/C33H39FN6O6S/c1-20-27-28(42)39(33(2,3)31(43)37-16-6-5-7-17-37)32(44)38(30(27)47-29(20)40-35-14-15-36-40)19-26(46-23-11-9-22(41)10-12-23)24-18-21(34)8-13-25(24)45-4/h8,13-15,18,23,26H,5-7,9-12,16-17,19H2,1-4H3/t26-/m0/s1. The van der Waals surface area contributed by atoms with Gasteiger partial charge in [-0.2, -0.15) is 10.2 Å². The van der Waals surface area contributed by atoms with Crippen LogP contribution < -0.4 is 16.0 Å². The molecule has 0 N–H and O–H groups in total. The minimum Gasteiger partial charge on any atom is -0.496 e. The number of aromatic nitrogens is 5. The van der Waals surface area contributed by atoms with Gasteiger partial charge in [-0.25, -0.2) is 13.8 Å². The molecule has 6 rings (SSSR count). The Balaban J connectivity index is 1.56. The number of ether oxygens (including phenoxy) is 2. The number of ketones is 1. The van der Waals surface area contributed by atoms with Crippen LogP contribution >= 0.6 is 11.3 Å². The van der Waals surface area contributed by atoms with Crippen molar-refractivity contribution in [3.63, 3.8) is 0 Å². The Hall–Kier alpha value is -4.17. The van der Waals surface area contributed by atoms with Gasteiger partial charge in [0, 0.05) is 37.1 Å². The van der Waals surface area contributed by atoms with Crippen molar-refractivity contribution in [2.75, 3.05) is 20.2 Å². The average molecular weight is 667 g/mol. The normalized spacial score (nSPS) is 17.0. The molecule has 4 aromatic rings. The van der Waals surface area contributed by atoms with Crippen LogP contribution in [0, 0.1) is 12.7 Å². The summed E-state index contributed by atoms with van der Waals surface area (Å²) in [4.78, 5) is 58.5. The van der Waals surface area contributed by atoms with Gasteiger partial charge in [0.15, 0.2) is 0 Å². The zero-order valence-electron chi connectivity index (χ0n) is 27.0. The number of amides is 1. The van der Waals surface area contributed by atoms with Crippen LogP contribution in [0.15, 0.2) is 40.2 Å². The molecular weight excluding hydrogens is 627 g/mol. The largest absolute Gasteiger partial charge is 0.496 e. The zero-order chi connectivity index (χ0) is 33.5. The van der Waals surface area contributed by atoms with Crippen molar-refractivity contribution in [2.24, 2.45) is 0 Å². The first kappa shape index (κ1) is 32.8. The SMILES string of the molecule is COc1ccc(F)cc1[C@H](Cn1c(=O)n(C(C)(C)C(=O)N2CCCCC2)c(=O)c2c(C)c(-n3nccn3)sc21)OC1CCC(=O)CC1. The van der Waals surface area contributed by atoms with Crippen molar-refractivity contribution in [1.29, 1.82) is 0 Å². The molecule has 1 aromatic carbocycles. The second kappa shape index (κ2) is 13.1. The molecule has 1 aliphatic heterocycles. The van der Waals surface area contributed by atoms with E-state index in [-0.39, 0.29) is 29.7 Å². The molecule has 0 spiro atoms. The summed E-state index contributed by atoms with van der Waals surface area (Å²) < 4.78 is 29.5. The van der Waals surface area contributed by atoms with Gasteiger partial charge in [0.05, 0.1) is 37.5 Å². The fourth-order valence-electron chi connectivity index (χ4n) is 6.70. The van der Waals surface area contributed by atoms with E-state index in [1.807, 2.05) is 0 Å². The number of rotatable bonds is 9. The molecule has 0 bridgehead atoms. The minimum atomic E-state index is -1.52. The Kier molecular flexibility index (Phi) is 9.16. The average Bonchev–Trinajstić information content (AvgIpc) is 3.71. The molecule has 1 saturated heterocycles. The van der Waals surface area contributed by atoms with Crippen molar-refractivity contribution in [2.45, 2.75) is 90.0 Å². The molecule has 12 nitrogen and oxygen atoms in total. The van der Waals surface area contributed by atoms with Crippen LogP contribution in [-0.4, -0.2) is 67.0 Å². The Bertz CT molecular complexity index is 1910. The monoisotopic (exact) mass is 666 g/mol. The van der Waals surface area contributed by atoms with Crippen molar-refractivity contribution >= 4 is 33.2 Å². The first-order valence-corrected chi connectivity index (χ1v) is 16.8. The van der Waals surface area contributed by atoms with E-state index in [0.717, 1.165) is 23.8 Å². The first-order chi connectivity index (χ1) is 22.5. The van der Waals surface area contributed by atoms with Gasteiger partial charge in [0.25, 0.3) is 5.56 Å². The molecule has 4 heterocycles. The number of carbonyl (C=O) groups is 2. The number of fused-ring (bicyclic) bond motifs is 1. The second-order valence-electron chi connectivity index (χ2n) is 12.7. The molecule has 1 saturated carbocycles. The number of piperidine rings is 1. The van der Waals surface area contributed by atoms with Crippen LogP contribution in [0.5, 0.6) is 5.75 Å². The van der Waals surface area contributed by atoms with Gasteiger partial charge < -0.3 is 14.4 Å². The molecule has 1 atom stereocenters. The van der Waals surface area contributed by atoms with E-state index in [9.17, 15) is 23.6 Å². The molecule has 1 aliphatic carbocycles. The van der Waals surface area contributed by atoms with E-state index < -0.39 is 28.7 Å². The van der Waals surface area contributed by atoms with Crippen LogP contribution in [0.1, 0.15) is 76.0 Å². The maximum atomic E-state index is 14.8. The highest BCUT2D eigenvalue weighted by Crippen LogP contribution is 2.36. The van der Waals surface area contributed by atoms with Crippen LogP contribution in [0.3, 0.4) is 0 Å². The van der Waals surface area contributed by atoms with Gasteiger partial charge in [-0.3, -0.25) is 19.0 Å². The number of hydrogen-bond acceptors (Lipinski definition) is 9. The van der Waals surface area contributed by atoms with Crippen molar-refractivity contribution < 1.29 is 23.5 Å². The van der Waals surface area contributed by atoms with E-state index in [1.54, 1.807) is 25.7 Å².